The Morgan fingerprint density at radius 1 is 1.13 bits per heavy atom. The van der Waals surface area contributed by atoms with Gasteiger partial charge < -0.3 is 10.2 Å². The zero-order chi connectivity index (χ0) is 21.9. The quantitative estimate of drug-likeness (QED) is 0.531. The summed E-state index contributed by atoms with van der Waals surface area (Å²) in [6, 6.07) is 10.7. The SMILES string of the molecule is CN(C)c1ccc(C(=O)NCc2ccc(S(=O)(=O)N3CCCC3)cc2)cc1[N+](=O)[O-]. The van der Waals surface area contributed by atoms with E-state index in [1.807, 2.05) is 0 Å². The van der Waals surface area contributed by atoms with E-state index in [1.54, 1.807) is 31.1 Å². The predicted molar refractivity (Wildman–Crippen MR) is 113 cm³/mol. The Morgan fingerprint density at radius 2 is 1.77 bits per heavy atom. The number of anilines is 1. The van der Waals surface area contributed by atoms with E-state index in [-0.39, 0.29) is 22.7 Å². The smallest absolute Gasteiger partial charge is 0.293 e. The van der Waals surface area contributed by atoms with Gasteiger partial charge in [-0.3, -0.25) is 14.9 Å². The van der Waals surface area contributed by atoms with Gasteiger partial charge in [-0.15, -0.1) is 0 Å². The molecule has 10 heteroatoms. The van der Waals surface area contributed by atoms with E-state index in [9.17, 15) is 23.3 Å². The van der Waals surface area contributed by atoms with Crippen molar-refractivity contribution in [2.24, 2.45) is 0 Å². The number of hydrogen-bond donors (Lipinski definition) is 1. The van der Waals surface area contributed by atoms with Crippen LogP contribution in [0.1, 0.15) is 28.8 Å². The van der Waals surface area contributed by atoms with E-state index in [4.69, 9.17) is 0 Å². The van der Waals surface area contributed by atoms with Gasteiger partial charge >= 0.3 is 0 Å². The molecule has 0 saturated carbocycles. The van der Waals surface area contributed by atoms with Gasteiger partial charge in [0.15, 0.2) is 0 Å². The maximum absolute atomic E-state index is 12.6. The lowest BCUT2D eigenvalue weighted by molar-refractivity contribution is -0.384. The first-order valence-corrected chi connectivity index (χ1v) is 11.0. The van der Waals surface area contributed by atoms with Gasteiger partial charge in [0.25, 0.3) is 11.6 Å². The van der Waals surface area contributed by atoms with Crippen LogP contribution in [0.15, 0.2) is 47.4 Å². The van der Waals surface area contributed by atoms with Gasteiger partial charge in [-0.25, -0.2) is 8.42 Å². The fourth-order valence-corrected chi connectivity index (χ4v) is 4.85. The highest BCUT2D eigenvalue weighted by atomic mass is 32.2. The molecule has 9 nitrogen and oxygen atoms in total. The zero-order valence-electron chi connectivity index (χ0n) is 16.9. The second-order valence-corrected chi connectivity index (χ2v) is 9.23. The first-order valence-electron chi connectivity index (χ1n) is 9.53. The number of sulfonamides is 1. The Balaban J connectivity index is 1.68. The molecule has 0 aliphatic carbocycles. The number of nitro benzene ring substituents is 1. The first-order chi connectivity index (χ1) is 14.2. The van der Waals surface area contributed by atoms with Crippen LogP contribution < -0.4 is 10.2 Å². The molecule has 0 bridgehead atoms. The topological polar surface area (TPSA) is 113 Å². The number of hydrogen-bond acceptors (Lipinski definition) is 6. The molecule has 1 amide bonds. The van der Waals surface area contributed by atoms with Gasteiger partial charge in [0.2, 0.25) is 10.0 Å². The molecule has 2 aromatic carbocycles. The fourth-order valence-electron chi connectivity index (χ4n) is 3.33. The van der Waals surface area contributed by atoms with Crippen molar-refractivity contribution in [2.45, 2.75) is 24.3 Å². The molecule has 0 atom stereocenters. The first kappa shape index (κ1) is 21.7. The van der Waals surface area contributed by atoms with E-state index in [0.29, 0.717) is 18.8 Å². The van der Waals surface area contributed by atoms with Crippen molar-refractivity contribution in [3.63, 3.8) is 0 Å². The van der Waals surface area contributed by atoms with Crippen LogP contribution in [0, 0.1) is 10.1 Å². The van der Waals surface area contributed by atoms with Crippen molar-refractivity contribution in [1.29, 1.82) is 0 Å². The lowest BCUT2D eigenvalue weighted by Gasteiger charge is -2.15. The highest BCUT2D eigenvalue weighted by molar-refractivity contribution is 7.89. The molecule has 2 aromatic rings. The van der Waals surface area contributed by atoms with Crippen LogP contribution in [-0.4, -0.2) is 50.7 Å². The number of nitrogens with zero attached hydrogens (tertiary/aromatic N) is 3. The van der Waals surface area contributed by atoms with Crippen LogP contribution in [0.3, 0.4) is 0 Å². The third kappa shape index (κ3) is 4.60. The highest BCUT2D eigenvalue weighted by Gasteiger charge is 2.27. The van der Waals surface area contributed by atoms with Crippen LogP contribution in [0.5, 0.6) is 0 Å². The molecule has 1 aliphatic heterocycles. The number of amides is 1. The van der Waals surface area contributed by atoms with E-state index in [1.165, 1.54) is 34.6 Å². The maximum atomic E-state index is 12.6. The summed E-state index contributed by atoms with van der Waals surface area (Å²) in [5.74, 6) is -0.447. The van der Waals surface area contributed by atoms with Crippen molar-refractivity contribution >= 4 is 27.3 Å². The number of benzene rings is 2. The minimum Gasteiger partial charge on any atom is -0.372 e. The average molecular weight is 433 g/mol. The fraction of sp³-hybridized carbons (Fsp3) is 0.350. The Kier molecular flexibility index (Phi) is 6.37. The van der Waals surface area contributed by atoms with Crippen molar-refractivity contribution < 1.29 is 18.1 Å². The molecule has 1 saturated heterocycles. The monoisotopic (exact) mass is 432 g/mol. The number of carbonyl (C=O) groups excluding carboxylic acids is 1. The lowest BCUT2D eigenvalue weighted by Crippen LogP contribution is -2.28. The molecule has 30 heavy (non-hydrogen) atoms. The number of rotatable bonds is 7. The summed E-state index contributed by atoms with van der Waals surface area (Å²) in [4.78, 5) is 25.0. The third-order valence-electron chi connectivity index (χ3n) is 5.00. The molecule has 160 valence electrons. The summed E-state index contributed by atoms with van der Waals surface area (Å²) in [5.41, 5.74) is 1.17. The average Bonchev–Trinajstić information content (AvgIpc) is 3.27. The third-order valence-corrected chi connectivity index (χ3v) is 6.91. The standard InChI is InChI=1S/C20H24N4O5S/c1-22(2)18-10-7-16(13-19(18)24(26)27)20(25)21-14-15-5-8-17(9-6-15)30(28,29)23-11-3-4-12-23/h5-10,13H,3-4,11-12,14H2,1-2H3,(H,21,25). The summed E-state index contributed by atoms with van der Waals surface area (Å²) in [5, 5.41) is 14.0. The number of carbonyl (C=O) groups is 1. The summed E-state index contributed by atoms with van der Waals surface area (Å²) in [6.45, 7) is 1.25. The molecule has 3 rings (SSSR count). The van der Waals surface area contributed by atoms with Crippen molar-refractivity contribution in [2.75, 3.05) is 32.1 Å². The summed E-state index contributed by atoms with van der Waals surface area (Å²) >= 11 is 0. The lowest BCUT2D eigenvalue weighted by atomic mass is 10.1. The molecule has 0 aromatic heterocycles. The minimum absolute atomic E-state index is 0.149. The van der Waals surface area contributed by atoms with Gasteiger partial charge in [-0.05, 0) is 42.7 Å². The van der Waals surface area contributed by atoms with E-state index >= 15 is 0 Å². The van der Waals surface area contributed by atoms with Crippen LogP contribution >= 0.6 is 0 Å². The maximum Gasteiger partial charge on any atom is 0.293 e. The Bertz CT molecular complexity index is 1050. The molecule has 0 unspecified atom stereocenters. The van der Waals surface area contributed by atoms with Gasteiger partial charge in [0.05, 0.1) is 9.82 Å². The molecule has 0 radical (unpaired) electrons. The largest absolute Gasteiger partial charge is 0.372 e. The van der Waals surface area contributed by atoms with Crippen molar-refractivity contribution in [3.05, 3.63) is 63.7 Å². The molecule has 0 spiro atoms. The second kappa shape index (κ2) is 8.80. The van der Waals surface area contributed by atoms with Crippen LogP contribution in [0.4, 0.5) is 11.4 Å². The van der Waals surface area contributed by atoms with E-state index in [0.717, 1.165) is 18.4 Å². The highest BCUT2D eigenvalue weighted by Crippen LogP contribution is 2.27. The minimum atomic E-state index is -3.48. The second-order valence-electron chi connectivity index (χ2n) is 7.29. The Labute approximate surface area is 175 Å². The number of nitrogens with one attached hydrogen (secondary N) is 1. The van der Waals surface area contributed by atoms with E-state index in [2.05, 4.69) is 5.32 Å². The number of nitro groups is 1. The molecular weight excluding hydrogens is 408 g/mol. The van der Waals surface area contributed by atoms with Crippen molar-refractivity contribution in [3.8, 4) is 0 Å². The molecule has 1 heterocycles. The Hall–Kier alpha value is -2.98. The van der Waals surface area contributed by atoms with Gasteiger partial charge in [-0.2, -0.15) is 4.31 Å². The summed E-state index contributed by atoms with van der Waals surface area (Å²) < 4.78 is 26.6. The summed E-state index contributed by atoms with van der Waals surface area (Å²) in [7, 11) is -0.0954. The molecular formula is C20H24N4O5S. The van der Waals surface area contributed by atoms with E-state index < -0.39 is 20.9 Å². The van der Waals surface area contributed by atoms with Gasteiger partial charge in [-0.1, -0.05) is 12.1 Å². The van der Waals surface area contributed by atoms with Crippen LogP contribution in [0.25, 0.3) is 0 Å². The van der Waals surface area contributed by atoms with Crippen molar-refractivity contribution in [1.82, 2.24) is 9.62 Å². The Morgan fingerprint density at radius 3 is 2.33 bits per heavy atom. The molecule has 1 aliphatic rings. The predicted octanol–water partition coefficient (Wildman–Crippen LogP) is 2.38. The zero-order valence-corrected chi connectivity index (χ0v) is 17.7. The van der Waals surface area contributed by atoms with Crippen LogP contribution in [0.2, 0.25) is 0 Å². The molecule has 1 N–H and O–H groups in total. The van der Waals surface area contributed by atoms with Gasteiger partial charge in [0, 0.05) is 45.4 Å². The molecule has 1 fully saturated rings. The normalized spacial score (nSPS) is 14.5. The van der Waals surface area contributed by atoms with Gasteiger partial charge in [0.1, 0.15) is 5.69 Å². The van der Waals surface area contributed by atoms with Crippen LogP contribution in [-0.2, 0) is 16.6 Å². The summed E-state index contributed by atoms with van der Waals surface area (Å²) in [6.07, 6.45) is 1.74.